The highest BCUT2D eigenvalue weighted by atomic mass is 19.4. The van der Waals surface area contributed by atoms with E-state index in [0.29, 0.717) is 31.0 Å². The van der Waals surface area contributed by atoms with Gasteiger partial charge in [0.2, 0.25) is 5.95 Å². The third-order valence-corrected chi connectivity index (χ3v) is 7.13. The van der Waals surface area contributed by atoms with Gasteiger partial charge in [-0.15, -0.1) is 0 Å². The molecule has 1 unspecified atom stereocenters. The first-order valence-corrected chi connectivity index (χ1v) is 12.0. The van der Waals surface area contributed by atoms with Crippen molar-refractivity contribution in [1.82, 2.24) is 20.2 Å². The Balaban J connectivity index is 1.40. The van der Waals surface area contributed by atoms with E-state index in [0.717, 1.165) is 25.8 Å². The van der Waals surface area contributed by atoms with Crippen LogP contribution in [0, 0.1) is 11.4 Å². The highest BCUT2D eigenvalue weighted by molar-refractivity contribution is 6.06. The van der Waals surface area contributed by atoms with Crippen LogP contribution in [-0.2, 0) is 0 Å². The maximum atomic E-state index is 14.6. The van der Waals surface area contributed by atoms with Gasteiger partial charge in [0.05, 0.1) is 16.9 Å². The molecule has 4 heterocycles. The van der Waals surface area contributed by atoms with E-state index in [1.807, 2.05) is 4.90 Å². The van der Waals surface area contributed by atoms with Crippen LogP contribution in [0.3, 0.4) is 0 Å². The fourth-order valence-electron chi connectivity index (χ4n) is 5.15. The molecule has 200 valence electrons. The van der Waals surface area contributed by atoms with Gasteiger partial charge in [0.1, 0.15) is 5.69 Å². The minimum Gasteiger partial charge on any atom is -0.387 e. The molecule has 37 heavy (non-hydrogen) atoms. The highest BCUT2D eigenvalue weighted by Crippen LogP contribution is 2.33. The molecule has 9 nitrogen and oxygen atoms in total. The monoisotopic (exact) mass is 523 g/mol. The van der Waals surface area contributed by atoms with Gasteiger partial charge in [-0.25, -0.2) is 4.98 Å². The third-order valence-electron chi connectivity index (χ3n) is 7.13. The molecule has 2 fully saturated rings. The van der Waals surface area contributed by atoms with E-state index in [1.54, 1.807) is 6.07 Å². The van der Waals surface area contributed by atoms with Crippen molar-refractivity contribution in [2.45, 2.75) is 37.4 Å². The Morgan fingerprint density at radius 3 is 2.46 bits per heavy atom. The van der Waals surface area contributed by atoms with Gasteiger partial charge in [0.15, 0.2) is 5.71 Å². The van der Waals surface area contributed by atoms with Gasteiger partial charge in [0, 0.05) is 51.4 Å². The summed E-state index contributed by atoms with van der Waals surface area (Å²) in [5.41, 5.74) is -2.45. The number of alkyl halides is 3. The van der Waals surface area contributed by atoms with E-state index in [2.05, 4.69) is 25.5 Å². The summed E-state index contributed by atoms with van der Waals surface area (Å²) >= 11 is 0. The maximum Gasteiger partial charge on any atom is 0.433 e. The van der Waals surface area contributed by atoms with Crippen LogP contribution >= 0.6 is 0 Å². The number of carbonyl (C=O) groups is 1. The van der Waals surface area contributed by atoms with Crippen LogP contribution in [0.1, 0.15) is 46.9 Å². The average molecular weight is 524 g/mol. The molecule has 2 aromatic rings. The van der Waals surface area contributed by atoms with E-state index < -0.39 is 34.9 Å². The molecule has 0 bridgehead atoms. The summed E-state index contributed by atoms with van der Waals surface area (Å²) in [6.07, 6.45) is -2.63. The van der Waals surface area contributed by atoms with Crippen LogP contribution in [-0.4, -0.2) is 79.0 Å². The molecule has 0 spiro atoms. The van der Waals surface area contributed by atoms with E-state index in [1.165, 1.54) is 26.2 Å². The van der Waals surface area contributed by atoms with Gasteiger partial charge in [-0.2, -0.15) is 17.6 Å². The zero-order valence-corrected chi connectivity index (χ0v) is 20.5. The maximum absolute atomic E-state index is 14.6. The number of hydrogen-bond donors (Lipinski definition) is 4. The normalized spacial score (nSPS) is 19.2. The first-order valence-electron chi connectivity index (χ1n) is 12.0. The second-order valence-electron chi connectivity index (χ2n) is 9.25. The van der Waals surface area contributed by atoms with Crippen LogP contribution in [0.2, 0.25) is 0 Å². The molecule has 0 aliphatic carbocycles. The van der Waals surface area contributed by atoms with E-state index in [-0.39, 0.29) is 23.3 Å². The van der Waals surface area contributed by atoms with Crippen LogP contribution in [0.5, 0.6) is 0 Å². The molecule has 0 aromatic carbocycles. The summed E-state index contributed by atoms with van der Waals surface area (Å²) < 4.78 is 53.7. The summed E-state index contributed by atoms with van der Waals surface area (Å²) in [6.45, 7) is 2.62. The van der Waals surface area contributed by atoms with Gasteiger partial charge in [-0.05, 0) is 44.0 Å². The number of likely N-dealkylation sites (tertiary alicyclic amines) is 1. The fraction of sp³-hybridized carbons (Fsp3) is 0.500. The Morgan fingerprint density at radius 2 is 1.86 bits per heavy atom. The standard InChI is InChI=1S/C24H29F4N7O2/c1-30-17-11-16(33-23(37)19(17)20(29)24(26,27)28)13-5-8-35(12-13)14-6-9-34(10-7-14)18-4-3-15(22(36)31-2)32-21(18)25/h3-4,11,13-14,29H,5-10,12H2,1-2H3,(H,31,36)(H2,30,33,37). The number of nitrogens with one attached hydrogen (secondary N) is 4. The molecule has 2 aliphatic heterocycles. The predicted molar refractivity (Wildman–Crippen MR) is 131 cm³/mol. The summed E-state index contributed by atoms with van der Waals surface area (Å²) in [4.78, 5) is 34.7. The Morgan fingerprint density at radius 1 is 1.16 bits per heavy atom. The van der Waals surface area contributed by atoms with Crippen molar-refractivity contribution in [3.8, 4) is 0 Å². The Bertz CT molecular complexity index is 1240. The Hall–Kier alpha value is -3.48. The van der Waals surface area contributed by atoms with Crippen molar-refractivity contribution < 1.29 is 22.4 Å². The lowest BCUT2D eigenvalue weighted by Crippen LogP contribution is -2.44. The topological polar surface area (TPSA) is 117 Å². The fourth-order valence-corrected chi connectivity index (χ4v) is 5.15. The number of aromatic amines is 1. The van der Waals surface area contributed by atoms with E-state index in [4.69, 9.17) is 5.41 Å². The lowest BCUT2D eigenvalue weighted by molar-refractivity contribution is -0.0588. The first-order chi connectivity index (χ1) is 17.5. The molecule has 2 aromatic heterocycles. The van der Waals surface area contributed by atoms with Crippen molar-refractivity contribution in [1.29, 1.82) is 5.41 Å². The summed E-state index contributed by atoms with van der Waals surface area (Å²) in [6, 6.07) is 4.80. The Labute approximate surface area is 210 Å². The minimum absolute atomic E-state index is 0.0181. The molecule has 1 atom stereocenters. The number of carbonyl (C=O) groups excluding carboxylic acids is 1. The second kappa shape index (κ2) is 10.5. The molecule has 2 saturated heterocycles. The molecule has 4 N–H and O–H groups in total. The van der Waals surface area contributed by atoms with E-state index in [9.17, 15) is 27.2 Å². The zero-order chi connectivity index (χ0) is 26.9. The summed E-state index contributed by atoms with van der Waals surface area (Å²) in [5, 5.41) is 12.4. The number of amides is 1. The number of H-pyrrole nitrogens is 1. The van der Waals surface area contributed by atoms with Gasteiger partial charge in [-0.1, -0.05) is 0 Å². The Kier molecular flexibility index (Phi) is 7.53. The largest absolute Gasteiger partial charge is 0.433 e. The third kappa shape index (κ3) is 5.45. The van der Waals surface area contributed by atoms with Crippen molar-refractivity contribution in [2.75, 3.05) is 50.5 Å². The molecule has 0 saturated carbocycles. The molecule has 2 aliphatic rings. The van der Waals surface area contributed by atoms with Gasteiger partial charge in [-0.3, -0.25) is 19.9 Å². The molecule has 13 heteroatoms. The molecule has 0 radical (unpaired) electrons. The van der Waals surface area contributed by atoms with Crippen LogP contribution in [0.25, 0.3) is 0 Å². The van der Waals surface area contributed by atoms with Gasteiger partial charge < -0.3 is 20.5 Å². The highest BCUT2D eigenvalue weighted by Gasteiger charge is 2.39. The average Bonchev–Trinajstić information content (AvgIpc) is 3.37. The van der Waals surface area contributed by atoms with Crippen molar-refractivity contribution in [3.63, 3.8) is 0 Å². The van der Waals surface area contributed by atoms with Gasteiger partial charge in [0.25, 0.3) is 11.5 Å². The second-order valence-corrected chi connectivity index (χ2v) is 9.25. The first kappa shape index (κ1) is 26.6. The number of rotatable bonds is 6. The number of anilines is 2. The predicted octanol–water partition coefficient (Wildman–Crippen LogP) is 2.70. The molecule has 1 amide bonds. The lowest BCUT2D eigenvalue weighted by Gasteiger charge is -2.37. The van der Waals surface area contributed by atoms with Crippen LogP contribution in [0.15, 0.2) is 23.0 Å². The van der Waals surface area contributed by atoms with Crippen molar-refractivity contribution >= 4 is 23.0 Å². The van der Waals surface area contributed by atoms with Crippen molar-refractivity contribution in [3.05, 3.63) is 51.5 Å². The SMILES string of the molecule is CNC(=O)c1ccc(N2CCC(N3CCC(c4cc(NC)c(C(=N)C(F)(F)F)c(=O)[nH]4)C3)CC2)c(F)n1. The quantitative estimate of drug-likeness (QED) is 0.263. The number of halogens is 4. The molecular formula is C24H29F4N7O2. The number of pyridine rings is 2. The minimum atomic E-state index is -4.93. The smallest absolute Gasteiger partial charge is 0.387 e. The summed E-state index contributed by atoms with van der Waals surface area (Å²) in [5.74, 6) is -1.21. The zero-order valence-electron chi connectivity index (χ0n) is 20.5. The lowest BCUT2D eigenvalue weighted by atomic mass is 10.00. The van der Waals surface area contributed by atoms with Crippen LogP contribution < -0.4 is 21.1 Å². The summed E-state index contributed by atoms with van der Waals surface area (Å²) in [7, 11) is 2.88. The van der Waals surface area contributed by atoms with Gasteiger partial charge >= 0.3 is 6.18 Å². The number of hydrogen-bond acceptors (Lipinski definition) is 7. The number of aromatic nitrogens is 2. The number of piperidine rings is 1. The number of nitrogens with zero attached hydrogens (tertiary/aromatic N) is 3. The van der Waals surface area contributed by atoms with Crippen LogP contribution in [0.4, 0.5) is 28.9 Å². The molecule has 4 rings (SSSR count). The molecular weight excluding hydrogens is 494 g/mol. The van der Waals surface area contributed by atoms with Crippen molar-refractivity contribution in [2.24, 2.45) is 0 Å². The van der Waals surface area contributed by atoms with E-state index >= 15 is 0 Å².